The van der Waals surface area contributed by atoms with E-state index in [9.17, 15) is 0 Å². The number of hydrogen-bond donors (Lipinski definition) is 1. The van der Waals surface area contributed by atoms with Gasteiger partial charge >= 0.3 is 0 Å². The molecular weight excluding hydrogens is 290 g/mol. The van der Waals surface area contributed by atoms with Crippen LogP contribution < -0.4 is 14.8 Å². The molecule has 1 aliphatic heterocycles. The van der Waals surface area contributed by atoms with Gasteiger partial charge in [-0.05, 0) is 35.7 Å². The van der Waals surface area contributed by atoms with Crippen LogP contribution >= 0.6 is 0 Å². The molecule has 0 bridgehead atoms. The normalized spacial score (nSPS) is 16.7. The van der Waals surface area contributed by atoms with Crippen molar-refractivity contribution in [2.45, 2.75) is 19.1 Å². The van der Waals surface area contributed by atoms with Crippen LogP contribution in [0.1, 0.15) is 22.8 Å². The van der Waals surface area contributed by atoms with Crippen molar-refractivity contribution in [3.63, 3.8) is 0 Å². The Labute approximate surface area is 137 Å². The lowest BCUT2D eigenvalue weighted by Gasteiger charge is -2.24. The van der Waals surface area contributed by atoms with Gasteiger partial charge in [-0.25, -0.2) is 0 Å². The lowest BCUT2D eigenvalue weighted by molar-refractivity contribution is -0.678. The van der Waals surface area contributed by atoms with Gasteiger partial charge in [0.05, 0.1) is 20.8 Å². The van der Waals surface area contributed by atoms with E-state index < -0.39 is 0 Å². The zero-order valence-electron chi connectivity index (χ0n) is 13.7. The van der Waals surface area contributed by atoms with Crippen molar-refractivity contribution in [1.29, 1.82) is 0 Å². The van der Waals surface area contributed by atoms with E-state index in [1.165, 1.54) is 16.7 Å². The average Bonchev–Trinajstić information content (AvgIpc) is 2.61. The summed E-state index contributed by atoms with van der Waals surface area (Å²) in [5.41, 5.74) is 3.97. The van der Waals surface area contributed by atoms with E-state index in [1.54, 1.807) is 14.2 Å². The number of methoxy groups -OCH3 is 2. The van der Waals surface area contributed by atoms with Gasteiger partial charge in [-0.2, -0.15) is 0 Å². The molecule has 1 aliphatic rings. The van der Waals surface area contributed by atoms with Crippen LogP contribution in [0.2, 0.25) is 0 Å². The number of ether oxygens (including phenoxy) is 3. The van der Waals surface area contributed by atoms with Crippen molar-refractivity contribution in [1.82, 2.24) is 0 Å². The first kappa shape index (κ1) is 15.8. The number of fused-ring (bicyclic) bond motifs is 1. The largest absolute Gasteiger partial charge is 0.493 e. The molecule has 0 spiro atoms. The van der Waals surface area contributed by atoms with Crippen LogP contribution in [-0.2, 0) is 17.7 Å². The molecule has 0 aromatic heterocycles. The van der Waals surface area contributed by atoms with E-state index in [1.807, 2.05) is 12.1 Å². The standard InChI is InChI=1S/C19H23NO3/c1-21-17-8-7-14(11-18(17)22-2)12-20-13-19-16-6-4-3-5-15(16)9-10-23-19/h3-8,11,19-20H,9-10,12-13H2,1-2H3/p+1/t19-/m1/s1. The fourth-order valence-corrected chi connectivity index (χ4v) is 3.08. The molecule has 0 saturated heterocycles. The van der Waals surface area contributed by atoms with Crippen molar-refractivity contribution < 1.29 is 19.5 Å². The van der Waals surface area contributed by atoms with Crippen LogP contribution in [0.15, 0.2) is 42.5 Å². The monoisotopic (exact) mass is 314 g/mol. The van der Waals surface area contributed by atoms with E-state index in [2.05, 4.69) is 35.6 Å². The molecule has 122 valence electrons. The minimum absolute atomic E-state index is 0.181. The summed E-state index contributed by atoms with van der Waals surface area (Å²) in [6.07, 6.45) is 1.20. The van der Waals surface area contributed by atoms with Crippen molar-refractivity contribution >= 4 is 0 Å². The number of rotatable bonds is 6. The zero-order valence-corrected chi connectivity index (χ0v) is 13.7. The topological polar surface area (TPSA) is 44.3 Å². The van der Waals surface area contributed by atoms with Gasteiger partial charge < -0.3 is 19.5 Å². The molecular formula is C19H24NO3+. The summed E-state index contributed by atoms with van der Waals surface area (Å²) in [5.74, 6) is 1.54. The minimum atomic E-state index is 0.181. The molecule has 0 fully saturated rings. The van der Waals surface area contributed by atoms with E-state index in [0.29, 0.717) is 0 Å². The van der Waals surface area contributed by atoms with Gasteiger partial charge in [0.1, 0.15) is 19.2 Å². The molecule has 0 amide bonds. The molecule has 2 N–H and O–H groups in total. The molecule has 23 heavy (non-hydrogen) atoms. The maximum absolute atomic E-state index is 5.95. The summed E-state index contributed by atoms with van der Waals surface area (Å²) in [4.78, 5) is 0. The lowest BCUT2D eigenvalue weighted by atomic mass is 9.97. The van der Waals surface area contributed by atoms with Crippen LogP contribution in [0.3, 0.4) is 0 Å². The summed E-state index contributed by atoms with van der Waals surface area (Å²) in [7, 11) is 3.32. The average molecular weight is 314 g/mol. The Bertz CT molecular complexity index is 657. The van der Waals surface area contributed by atoms with Crippen LogP contribution in [0.5, 0.6) is 11.5 Å². The first-order valence-electron chi connectivity index (χ1n) is 8.04. The predicted octanol–water partition coefficient (Wildman–Crippen LogP) is 2.08. The molecule has 2 aromatic carbocycles. The SMILES string of the molecule is COc1ccc(C[NH2+]C[C@H]2OCCc3ccccc32)cc1OC. The second-order valence-electron chi connectivity index (χ2n) is 5.73. The Morgan fingerprint density at radius 2 is 1.91 bits per heavy atom. The van der Waals surface area contributed by atoms with Gasteiger partial charge in [-0.15, -0.1) is 0 Å². The van der Waals surface area contributed by atoms with Crippen molar-refractivity contribution in [2.75, 3.05) is 27.4 Å². The van der Waals surface area contributed by atoms with E-state index in [-0.39, 0.29) is 6.10 Å². The summed E-state index contributed by atoms with van der Waals surface area (Å²) in [6, 6.07) is 14.7. The first-order chi connectivity index (χ1) is 11.3. The van der Waals surface area contributed by atoms with Gasteiger partial charge in [0, 0.05) is 5.56 Å². The van der Waals surface area contributed by atoms with Crippen molar-refractivity contribution in [2.24, 2.45) is 0 Å². The molecule has 0 saturated carbocycles. The Morgan fingerprint density at radius 1 is 1.09 bits per heavy atom. The molecule has 2 aromatic rings. The van der Waals surface area contributed by atoms with Crippen LogP contribution in [-0.4, -0.2) is 27.4 Å². The Balaban J connectivity index is 1.60. The second kappa shape index (κ2) is 7.49. The third-order valence-corrected chi connectivity index (χ3v) is 4.30. The fraction of sp³-hybridized carbons (Fsp3) is 0.368. The lowest BCUT2D eigenvalue weighted by Crippen LogP contribution is -2.83. The molecule has 4 heteroatoms. The number of benzene rings is 2. The van der Waals surface area contributed by atoms with Gasteiger partial charge in [0.25, 0.3) is 0 Å². The number of hydrogen-bond acceptors (Lipinski definition) is 3. The summed E-state index contributed by atoms with van der Waals surface area (Å²) in [5, 5.41) is 2.29. The Morgan fingerprint density at radius 3 is 2.74 bits per heavy atom. The van der Waals surface area contributed by atoms with Gasteiger partial charge in [0.2, 0.25) is 0 Å². The Hall–Kier alpha value is -2.04. The maximum atomic E-state index is 5.95. The second-order valence-corrected chi connectivity index (χ2v) is 5.73. The number of quaternary nitrogens is 1. The minimum Gasteiger partial charge on any atom is -0.493 e. The molecule has 0 radical (unpaired) electrons. The number of nitrogens with two attached hydrogens (primary N) is 1. The van der Waals surface area contributed by atoms with Gasteiger partial charge in [-0.1, -0.05) is 24.3 Å². The molecule has 1 heterocycles. The third-order valence-electron chi connectivity index (χ3n) is 4.30. The molecule has 3 rings (SSSR count). The van der Waals surface area contributed by atoms with E-state index in [4.69, 9.17) is 14.2 Å². The molecule has 1 atom stereocenters. The van der Waals surface area contributed by atoms with Crippen molar-refractivity contribution in [3.8, 4) is 11.5 Å². The molecule has 0 unspecified atom stereocenters. The quantitative estimate of drug-likeness (QED) is 0.888. The summed E-state index contributed by atoms with van der Waals surface area (Å²) in [6.45, 7) is 2.62. The van der Waals surface area contributed by atoms with Gasteiger partial charge in [-0.3, -0.25) is 0 Å². The third kappa shape index (κ3) is 3.66. The first-order valence-corrected chi connectivity index (χ1v) is 8.04. The maximum Gasteiger partial charge on any atom is 0.161 e. The zero-order chi connectivity index (χ0) is 16.1. The van der Waals surface area contributed by atoms with Crippen LogP contribution in [0.4, 0.5) is 0 Å². The predicted molar refractivity (Wildman–Crippen MR) is 88.9 cm³/mol. The fourth-order valence-electron chi connectivity index (χ4n) is 3.08. The summed E-state index contributed by atoms with van der Waals surface area (Å²) >= 11 is 0. The van der Waals surface area contributed by atoms with E-state index in [0.717, 1.165) is 37.6 Å². The molecule has 0 aliphatic carbocycles. The highest BCUT2D eigenvalue weighted by molar-refractivity contribution is 5.42. The van der Waals surface area contributed by atoms with Crippen molar-refractivity contribution in [3.05, 3.63) is 59.2 Å². The molecule has 4 nitrogen and oxygen atoms in total. The summed E-state index contributed by atoms with van der Waals surface area (Å²) < 4.78 is 16.6. The Kier molecular flexibility index (Phi) is 5.16. The van der Waals surface area contributed by atoms with Crippen LogP contribution in [0.25, 0.3) is 0 Å². The van der Waals surface area contributed by atoms with Crippen LogP contribution in [0, 0.1) is 0 Å². The van der Waals surface area contributed by atoms with Gasteiger partial charge in [0.15, 0.2) is 11.5 Å². The smallest absolute Gasteiger partial charge is 0.161 e. The highest BCUT2D eigenvalue weighted by Crippen LogP contribution is 2.27. The highest BCUT2D eigenvalue weighted by atomic mass is 16.5. The van der Waals surface area contributed by atoms with E-state index >= 15 is 0 Å². The highest BCUT2D eigenvalue weighted by Gasteiger charge is 2.21.